The zero-order valence-corrected chi connectivity index (χ0v) is 24.0. The van der Waals surface area contributed by atoms with E-state index in [0.717, 1.165) is 41.3 Å². The van der Waals surface area contributed by atoms with Crippen molar-refractivity contribution in [3.63, 3.8) is 0 Å². The van der Waals surface area contributed by atoms with Gasteiger partial charge in [-0.3, -0.25) is 4.90 Å². The number of rotatable bonds is 7. The Labute approximate surface area is 243 Å². The van der Waals surface area contributed by atoms with Crippen molar-refractivity contribution < 1.29 is 12.8 Å². The molecule has 0 bridgehead atoms. The van der Waals surface area contributed by atoms with Crippen LogP contribution >= 0.6 is 11.6 Å². The SMILES string of the molecule is C=C1N=C/C(Cl)=C\C/C(c2ncc(F)c(NC3CCCN(Cc4ncc[nH]4)C3)n2)=C\N1S(=O)(=O)c1ccc(C)cc1. The molecule has 2 aliphatic rings. The molecular formula is C28H30ClFN8O2S. The predicted octanol–water partition coefficient (Wildman–Crippen LogP) is 4.82. The van der Waals surface area contributed by atoms with Gasteiger partial charge in [0.2, 0.25) is 0 Å². The van der Waals surface area contributed by atoms with Gasteiger partial charge in [-0.1, -0.05) is 42.0 Å². The quantitative estimate of drug-likeness (QED) is 0.401. The van der Waals surface area contributed by atoms with Crippen molar-refractivity contribution in [2.75, 3.05) is 18.4 Å². The third-order valence-electron chi connectivity index (χ3n) is 6.77. The van der Waals surface area contributed by atoms with Crippen LogP contribution in [0.1, 0.15) is 36.5 Å². The van der Waals surface area contributed by atoms with Crippen LogP contribution in [0.2, 0.25) is 0 Å². The van der Waals surface area contributed by atoms with Gasteiger partial charge in [-0.15, -0.1) is 0 Å². The molecule has 0 amide bonds. The molecule has 1 aromatic carbocycles. The van der Waals surface area contributed by atoms with Crippen LogP contribution in [0.25, 0.3) is 5.57 Å². The van der Waals surface area contributed by atoms with Crippen molar-refractivity contribution in [3.8, 4) is 0 Å². The minimum Gasteiger partial charge on any atom is -0.363 e. The van der Waals surface area contributed by atoms with E-state index in [1.807, 2.05) is 6.92 Å². The Bertz CT molecular complexity index is 1600. The molecule has 1 saturated heterocycles. The number of aryl methyl sites for hydroxylation is 1. The Hall–Kier alpha value is -3.87. The van der Waals surface area contributed by atoms with E-state index in [1.54, 1.807) is 30.6 Å². The van der Waals surface area contributed by atoms with Crippen LogP contribution in [0.4, 0.5) is 10.2 Å². The zero-order chi connectivity index (χ0) is 29.0. The van der Waals surface area contributed by atoms with Crippen LogP contribution in [-0.4, -0.2) is 62.9 Å². The zero-order valence-electron chi connectivity index (χ0n) is 22.5. The Morgan fingerprint density at radius 2 is 2.05 bits per heavy atom. The highest BCUT2D eigenvalue weighted by Crippen LogP contribution is 2.28. The molecule has 1 unspecified atom stereocenters. The van der Waals surface area contributed by atoms with Crippen LogP contribution in [0.15, 0.2) is 82.5 Å². The van der Waals surface area contributed by atoms with Gasteiger partial charge in [-0.25, -0.2) is 37.1 Å². The lowest BCUT2D eigenvalue weighted by molar-refractivity contribution is 0.204. The lowest BCUT2D eigenvalue weighted by Gasteiger charge is -2.32. The molecule has 13 heteroatoms. The largest absolute Gasteiger partial charge is 0.363 e. The van der Waals surface area contributed by atoms with Crippen molar-refractivity contribution in [1.29, 1.82) is 0 Å². The summed E-state index contributed by atoms with van der Waals surface area (Å²) in [4.78, 5) is 22.5. The second kappa shape index (κ2) is 12.3. The monoisotopic (exact) mass is 596 g/mol. The number of hydrogen-bond acceptors (Lipinski definition) is 8. The fourth-order valence-corrected chi connectivity index (χ4v) is 6.06. The number of likely N-dealkylation sites (tertiary alicyclic amines) is 1. The lowest BCUT2D eigenvalue weighted by Crippen LogP contribution is -2.42. The minimum absolute atomic E-state index is 0.0405. The molecule has 0 spiro atoms. The maximum Gasteiger partial charge on any atom is 0.269 e. The number of hydrogen-bond donors (Lipinski definition) is 2. The first-order valence-corrected chi connectivity index (χ1v) is 14.9. The van der Waals surface area contributed by atoms with Gasteiger partial charge in [0.1, 0.15) is 11.6 Å². The molecule has 3 aromatic rings. The van der Waals surface area contributed by atoms with Gasteiger partial charge in [0.15, 0.2) is 17.5 Å². The number of sulfonamides is 1. The minimum atomic E-state index is -4.09. The molecule has 2 aromatic heterocycles. The molecule has 1 atom stereocenters. The van der Waals surface area contributed by atoms with Gasteiger partial charge >= 0.3 is 0 Å². The van der Waals surface area contributed by atoms with Crippen molar-refractivity contribution in [1.82, 2.24) is 29.1 Å². The molecule has 5 rings (SSSR count). The average molecular weight is 597 g/mol. The Morgan fingerprint density at radius 3 is 2.80 bits per heavy atom. The Balaban J connectivity index is 1.44. The number of anilines is 1. The molecule has 10 nitrogen and oxygen atoms in total. The predicted molar refractivity (Wildman–Crippen MR) is 157 cm³/mol. The molecule has 214 valence electrons. The standard InChI is InChI=1S/C28H30ClFN8O2S/c1-19-5-9-24(10-6-19)41(39,40)38-16-21(7-8-22(29)14-33-20(38)2)27-34-15-25(30)28(36-27)35-23-4-3-13-37(17-23)18-26-31-11-12-32-26/h5-6,8-12,14-16,23H,2-4,7,13,17-18H2,1H3,(H,31,32)(H,34,35,36)/b21-16+,22-8+,33-14?. The molecule has 0 saturated carbocycles. The molecular weight excluding hydrogens is 567 g/mol. The molecule has 0 radical (unpaired) electrons. The van der Waals surface area contributed by atoms with Gasteiger partial charge < -0.3 is 10.3 Å². The second-order valence-corrected chi connectivity index (χ2v) is 12.1. The van der Waals surface area contributed by atoms with Crippen LogP contribution in [-0.2, 0) is 16.6 Å². The maximum absolute atomic E-state index is 14.9. The van der Waals surface area contributed by atoms with Crippen LogP contribution in [0.5, 0.6) is 0 Å². The number of nitrogens with zero attached hydrogens (tertiary/aromatic N) is 6. The number of halogens is 2. The fraction of sp³-hybridized carbons (Fsp3) is 0.286. The second-order valence-electron chi connectivity index (χ2n) is 9.88. The summed E-state index contributed by atoms with van der Waals surface area (Å²) in [6.45, 7) is 7.97. The summed E-state index contributed by atoms with van der Waals surface area (Å²) >= 11 is 6.28. The van der Waals surface area contributed by atoms with E-state index in [4.69, 9.17) is 11.6 Å². The molecule has 2 N–H and O–H groups in total. The topological polar surface area (TPSA) is 119 Å². The first-order chi connectivity index (χ1) is 19.7. The van der Waals surface area contributed by atoms with Crippen LogP contribution < -0.4 is 5.32 Å². The summed E-state index contributed by atoms with van der Waals surface area (Å²) in [5, 5.41) is 3.51. The van der Waals surface area contributed by atoms with Crippen molar-refractivity contribution in [2.24, 2.45) is 4.99 Å². The van der Waals surface area contributed by atoms with Crippen molar-refractivity contribution >= 4 is 39.2 Å². The van der Waals surface area contributed by atoms with Gasteiger partial charge in [0.25, 0.3) is 10.0 Å². The number of H-pyrrole nitrogens is 1. The summed E-state index contributed by atoms with van der Waals surface area (Å²) in [7, 11) is -4.09. The van der Waals surface area contributed by atoms with E-state index < -0.39 is 15.8 Å². The normalized spacial score (nSPS) is 21.3. The van der Waals surface area contributed by atoms with Crippen molar-refractivity contribution in [3.05, 3.63) is 95.6 Å². The average Bonchev–Trinajstić information content (AvgIpc) is 3.48. The summed E-state index contributed by atoms with van der Waals surface area (Å²) in [6, 6.07) is 6.40. The Kier molecular flexibility index (Phi) is 8.62. The highest BCUT2D eigenvalue weighted by atomic mass is 35.5. The molecule has 1 fully saturated rings. The van der Waals surface area contributed by atoms with Crippen LogP contribution in [0, 0.1) is 12.7 Å². The first kappa shape index (κ1) is 28.7. The third kappa shape index (κ3) is 6.89. The van der Waals surface area contributed by atoms with Gasteiger partial charge in [-0.2, -0.15) is 0 Å². The van der Waals surface area contributed by atoms with E-state index in [2.05, 4.69) is 41.7 Å². The lowest BCUT2D eigenvalue weighted by atomic mass is 10.1. The van der Waals surface area contributed by atoms with E-state index in [1.165, 1.54) is 24.5 Å². The summed E-state index contributed by atoms with van der Waals surface area (Å²) < 4.78 is 43.2. The summed E-state index contributed by atoms with van der Waals surface area (Å²) in [5.74, 6) is 0.382. The smallest absolute Gasteiger partial charge is 0.269 e. The van der Waals surface area contributed by atoms with E-state index in [0.29, 0.717) is 18.7 Å². The summed E-state index contributed by atoms with van der Waals surface area (Å²) in [5.41, 5.74) is 1.30. The number of aliphatic imine (C=N–C) groups is 1. The number of nitrogens with one attached hydrogen (secondary N) is 2. The maximum atomic E-state index is 14.9. The molecule has 0 aliphatic carbocycles. The fourth-order valence-electron chi connectivity index (χ4n) is 4.63. The molecule has 41 heavy (non-hydrogen) atoms. The number of aromatic amines is 1. The van der Waals surface area contributed by atoms with Crippen molar-refractivity contribution in [2.45, 2.75) is 43.7 Å². The van der Waals surface area contributed by atoms with Gasteiger partial charge in [-0.05, 0) is 44.9 Å². The first-order valence-electron chi connectivity index (χ1n) is 13.1. The van der Waals surface area contributed by atoms with E-state index >= 15 is 0 Å². The molecule has 2 aliphatic heterocycles. The van der Waals surface area contributed by atoms with E-state index in [-0.39, 0.29) is 39.9 Å². The summed E-state index contributed by atoms with van der Waals surface area (Å²) in [6.07, 6.45) is 10.9. The number of benzene rings is 1. The number of allylic oxidation sites excluding steroid dienone is 3. The highest BCUT2D eigenvalue weighted by molar-refractivity contribution is 7.89. The number of piperidine rings is 1. The Morgan fingerprint density at radius 1 is 1.24 bits per heavy atom. The van der Waals surface area contributed by atoms with Gasteiger partial charge in [0.05, 0.1) is 22.7 Å². The third-order valence-corrected chi connectivity index (χ3v) is 8.72. The van der Waals surface area contributed by atoms with Crippen LogP contribution in [0.3, 0.4) is 0 Å². The van der Waals surface area contributed by atoms with E-state index in [9.17, 15) is 12.8 Å². The number of aromatic nitrogens is 4. The number of imidazole rings is 1. The highest BCUT2D eigenvalue weighted by Gasteiger charge is 2.27. The van der Waals surface area contributed by atoms with Gasteiger partial charge in [0, 0.05) is 43.0 Å². The molecule has 4 heterocycles.